The first-order valence-electron chi connectivity index (χ1n) is 10.5. The van der Waals surface area contributed by atoms with Gasteiger partial charge in [0.2, 0.25) is 0 Å². The molecular formula is C25H21FN2O5. The number of hydrogen-bond acceptors (Lipinski definition) is 6. The van der Waals surface area contributed by atoms with E-state index in [1.165, 1.54) is 23.3 Å². The van der Waals surface area contributed by atoms with E-state index >= 15 is 0 Å². The summed E-state index contributed by atoms with van der Waals surface area (Å²) in [7, 11) is 1.91. The molecule has 0 spiro atoms. The number of nitrogens with zero attached hydrogens (tertiary/aromatic N) is 2. The molecule has 8 heteroatoms. The van der Waals surface area contributed by atoms with Crippen LogP contribution in [-0.2, 0) is 16.1 Å². The van der Waals surface area contributed by atoms with E-state index in [4.69, 9.17) is 9.15 Å². The lowest BCUT2D eigenvalue weighted by Gasteiger charge is -2.28. The molecule has 1 N–H and O–H groups in total. The molecule has 1 amide bonds. The van der Waals surface area contributed by atoms with Gasteiger partial charge in [0.1, 0.15) is 35.7 Å². The lowest BCUT2D eigenvalue weighted by Crippen LogP contribution is -2.29. The number of furan rings is 1. The number of ketones is 1. The van der Waals surface area contributed by atoms with Crippen molar-refractivity contribution in [3.05, 3.63) is 89.1 Å². The first-order valence-corrected chi connectivity index (χ1v) is 10.5. The third-order valence-corrected chi connectivity index (χ3v) is 5.95. The molecular weight excluding hydrogens is 427 g/mol. The third-order valence-electron chi connectivity index (χ3n) is 5.95. The molecule has 1 unspecified atom stereocenters. The summed E-state index contributed by atoms with van der Waals surface area (Å²) in [6.07, 6.45) is 1.44. The number of benzene rings is 2. The predicted molar refractivity (Wildman–Crippen MR) is 118 cm³/mol. The Morgan fingerprint density at radius 1 is 1.15 bits per heavy atom. The van der Waals surface area contributed by atoms with Gasteiger partial charge in [-0.05, 0) is 48.0 Å². The van der Waals surface area contributed by atoms with Crippen LogP contribution in [0.1, 0.15) is 22.9 Å². The van der Waals surface area contributed by atoms with Crippen LogP contribution < -0.4 is 9.64 Å². The van der Waals surface area contributed by atoms with Crippen LogP contribution in [0, 0.1) is 5.82 Å². The summed E-state index contributed by atoms with van der Waals surface area (Å²) in [5.74, 6) is -1.24. The smallest absolute Gasteiger partial charge is 0.296 e. The van der Waals surface area contributed by atoms with Gasteiger partial charge >= 0.3 is 0 Å². The second kappa shape index (κ2) is 8.12. The van der Waals surface area contributed by atoms with Crippen molar-refractivity contribution in [3.63, 3.8) is 0 Å². The quantitative estimate of drug-likeness (QED) is 0.371. The number of carbonyl (C=O) groups excluding carboxylic acids is 2. The SMILES string of the molecule is CN1CCOc2ccc(/C(O)=C3/C(=O)C(=O)N(Cc4ccc(F)cc4)C3c3ccco3)cc21. The van der Waals surface area contributed by atoms with Gasteiger partial charge in [-0.3, -0.25) is 9.59 Å². The highest BCUT2D eigenvalue weighted by atomic mass is 19.1. The molecule has 1 saturated heterocycles. The molecule has 1 aromatic heterocycles. The molecule has 1 fully saturated rings. The van der Waals surface area contributed by atoms with Gasteiger partial charge in [-0.1, -0.05) is 12.1 Å². The highest BCUT2D eigenvalue weighted by Gasteiger charge is 2.47. The van der Waals surface area contributed by atoms with Gasteiger partial charge in [0.05, 0.1) is 24.1 Å². The molecule has 5 rings (SSSR count). The molecule has 3 aromatic rings. The van der Waals surface area contributed by atoms with Gasteiger partial charge in [-0.25, -0.2) is 4.39 Å². The van der Waals surface area contributed by atoms with Gasteiger partial charge in [-0.2, -0.15) is 0 Å². The minimum absolute atomic E-state index is 0.0494. The predicted octanol–water partition coefficient (Wildman–Crippen LogP) is 3.87. The summed E-state index contributed by atoms with van der Waals surface area (Å²) >= 11 is 0. The standard InChI is InChI=1S/C25H21FN2O5/c1-27-10-12-33-19-9-6-16(13-18(19)27)23(29)21-22(20-3-2-11-32-20)28(25(31)24(21)30)14-15-4-7-17(26)8-5-15/h2-9,11,13,22,29H,10,12,14H2,1H3/b23-21-. The fraction of sp³-hybridized carbons (Fsp3) is 0.200. The van der Waals surface area contributed by atoms with Crippen LogP contribution in [0.4, 0.5) is 10.1 Å². The first kappa shape index (κ1) is 20.8. The number of ether oxygens (including phenoxy) is 1. The lowest BCUT2D eigenvalue weighted by molar-refractivity contribution is -0.140. The van der Waals surface area contributed by atoms with Crippen molar-refractivity contribution in [2.75, 3.05) is 25.1 Å². The number of fused-ring (bicyclic) bond motifs is 1. The zero-order valence-electron chi connectivity index (χ0n) is 17.8. The van der Waals surface area contributed by atoms with Crippen molar-refractivity contribution >= 4 is 23.1 Å². The summed E-state index contributed by atoms with van der Waals surface area (Å²) in [5, 5.41) is 11.2. The Hall–Kier alpha value is -4.07. The molecule has 0 saturated carbocycles. The first-order chi connectivity index (χ1) is 15.9. The monoisotopic (exact) mass is 448 g/mol. The number of rotatable bonds is 4. The molecule has 0 radical (unpaired) electrons. The fourth-order valence-electron chi connectivity index (χ4n) is 4.23. The van der Waals surface area contributed by atoms with E-state index in [-0.39, 0.29) is 17.9 Å². The Labute approximate surface area is 189 Å². The zero-order chi connectivity index (χ0) is 23.1. The van der Waals surface area contributed by atoms with Crippen LogP contribution in [0.15, 0.2) is 70.9 Å². The van der Waals surface area contributed by atoms with Gasteiger partial charge in [0.15, 0.2) is 0 Å². The van der Waals surface area contributed by atoms with Crippen LogP contribution in [0.25, 0.3) is 5.76 Å². The van der Waals surface area contributed by atoms with Crippen molar-refractivity contribution in [1.82, 2.24) is 4.90 Å². The molecule has 3 heterocycles. The Morgan fingerprint density at radius 2 is 1.94 bits per heavy atom. The Balaban J connectivity index is 1.60. The number of likely N-dealkylation sites (tertiary alicyclic amines) is 1. The maximum Gasteiger partial charge on any atom is 0.296 e. The van der Waals surface area contributed by atoms with Gasteiger partial charge < -0.3 is 24.1 Å². The van der Waals surface area contributed by atoms with Crippen LogP contribution in [0.3, 0.4) is 0 Å². The van der Waals surface area contributed by atoms with Gasteiger partial charge in [-0.15, -0.1) is 0 Å². The Morgan fingerprint density at radius 3 is 2.67 bits per heavy atom. The van der Waals surface area contributed by atoms with E-state index in [1.54, 1.807) is 42.5 Å². The largest absolute Gasteiger partial charge is 0.507 e. The van der Waals surface area contributed by atoms with E-state index < -0.39 is 23.5 Å². The van der Waals surface area contributed by atoms with Crippen LogP contribution >= 0.6 is 0 Å². The van der Waals surface area contributed by atoms with Crippen molar-refractivity contribution in [2.45, 2.75) is 12.6 Å². The number of amides is 1. The zero-order valence-corrected chi connectivity index (χ0v) is 17.8. The molecule has 2 aliphatic rings. The van der Waals surface area contributed by atoms with Crippen molar-refractivity contribution < 1.29 is 28.2 Å². The molecule has 7 nitrogen and oxygen atoms in total. The molecule has 0 aliphatic carbocycles. The topological polar surface area (TPSA) is 83.2 Å². The van der Waals surface area contributed by atoms with Crippen LogP contribution in [0.2, 0.25) is 0 Å². The number of Topliss-reactive ketones (excluding diaryl/α,β-unsaturated/α-hetero) is 1. The van der Waals surface area contributed by atoms with Gasteiger partial charge in [0, 0.05) is 19.2 Å². The second-order valence-electron chi connectivity index (χ2n) is 8.02. The van der Waals surface area contributed by atoms with E-state index in [0.717, 1.165) is 5.69 Å². The number of anilines is 1. The number of halogens is 1. The van der Waals surface area contributed by atoms with E-state index in [2.05, 4.69) is 0 Å². The molecule has 168 valence electrons. The third kappa shape index (κ3) is 3.63. The summed E-state index contributed by atoms with van der Waals surface area (Å²) in [4.78, 5) is 29.4. The highest BCUT2D eigenvalue weighted by Crippen LogP contribution is 2.41. The van der Waals surface area contributed by atoms with Crippen LogP contribution in [-0.4, -0.2) is 41.9 Å². The Bertz CT molecular complexity index is 1250. The minimum atomic E-state index is -0.921. The number of carbonyl (C=O) groups is 2. The normalized spacial score (nSPS) is 19.5. The minimum Gasteiger partial charge on any atom is -0.507 e. The molecule has 0 bridgehead atoms. The maximum atomic E-state index is 13.3. The van der Waals surface area contributed by atoms with Crippen molar-refractivity contribution in [1.29, 1.82) is 0 Å². The molecule has 2 aliphatic heterocycles. The van der Waals surface area contributed by atoms with Crippen LogP contribution in [0.5, 0.6) is 5.75 Å². The fourth-order valence-corrected chi connectivity index (χ4v) is 4.23. The Kier molecular flexibility index (Phi) is 5.12. The highest BCUT2D eigenvalue weighted by molar-refractivity contribution is 6.46. The summed E-state index contributed by atoms with van der Waals surface area (Å²) in [6, 6.07) is 13.2. The average Bonchev–Trinajstić information content (AvgIpc) is 3.43. The molecule has 1 atom stereocenters. The van der Waals surface area contributed by atoms with Crippen molar-refractivity contribution in [3.8, 4) is 5.75 Å². The second-order valence-corrected chi connectivity index (χ2v) is 8.02. The number of aliphatic hydroxyl groups is 1. The van der Waals surface area contributed by atoms with Gasteiger partial charge in [0.25, 0.3) is 11.7 Å². The lowest BCUT2D eigenvalue weighted by atomic mass is 9.98. The van der Waals surface area contributed by atoms with Crippen molar-refractivity contribution in [2.24, 2.45) is 0 Å². The summed E-state index contributed by atoms with van der Waals surface area (Å²) < 4.78 is 24.5. The number of aliphatic hydroxyl groups excluding tert-OH is 1. The average molecular weight is 448 g/mol. The maximum absolute atomic E-state index is 13.3. The van der Waals surface area contributed by atoms with E-state index in [0.29, 0.717) is 35.8 Å². The summed E-state index contributed by atoms with van der Waals surface area (Å²) in [6.45, 7) is 1.29. The van der Waals surface area contributed by atoms with E-state index in [9.17, 15) is 19.1 Å². The molecule has 2 aromatic carbocycles. The number of hydrogen-bond donors (Lipinski definition) is 1. The molecule has 33 heavy (non-hydrogen) atoms. The summed E-state index contributed by atoms with van der Waals surface area (Å²) in [5.41, 5.74) is 1.75. The number of likely N-dealkylation sites (N-methyl/N-ethyl adjacent to an activating group) is 1. The van der Waals surface area contributed by atoms with E-state index in [1.807, 2.05) is 11.9 Å².